The zero-order valence-corrected chi connectivity index (χ0v) is 10.3. The van der Waals surface area contributed by atoms with E-state index in [1.165, 1.54) is 0 Å². The number of methoxy groups -OCH3 is 1. The third kappa shape index (κ3) is 2.11. The lowest BCUT2D eigenvalue weighted by atomic mass is 10.1. The summed E-state index contributed by atoms with van der Waals surface area (Å²) in [4.78, 5) is 12.1. The third-order valence-corrected chi connectivity index (χ3v) is 2.93. The minimum absolute atomic E-state index is 0.0920. The molecule has 0 spiro atoms. The van der Waals surface area contributed by atoms with Crippen LogP contribution < -0.4 is 0 Å². The van der Waals surface area contributed by atoms with E-state index in [0.717, 1.165) is 16.5 Å². The van der Waals surface area contributed by atoms with Crippen LogP contribution in [0.15, 0.2) is 28.7 Å². The van der Waals surface area contributed by atoms with Gasteiger partial charge < -0.3 is 9.15 Å². The Balaban J connectivity index is 2.43. The summed E-state index contributed by atoms with van der Waals surface area (Å²) in [6, 6.07) is 7.64. The number of rotatable bonds is 4. The molecule has 0 fully saturated rings. The van der Waals surface area contributed by atoms with Gasteiger partial charge in [-0.25, -0.2) is 0 Å². The fourth-order valence-electron chi connectivity index (χ4n) is 1.95. The van der Waals surface area contributed by atoms with Crippen LogP contribution >= 0.6 is 0 Å². The molecule has 2 aromatic rings. The van der Waals surface area contributed by atoms with E-state index in [1.807, 2.05) is 32.0 Å². The van der Waals surface area contributed by atoms with Crippen LogP contribution in [0.4, 0.5) is 0 Å². The number of para-hydroxylation sites is 1. The average molecular weight is 232 g/mol. The summed E-state index contributed by atoms with van der Waals surface area (Å²) < 4.78 is 10.7. The maximum absolute atomic E-state index is 12.1. The number of benzene rings is 1. The highest BCUT2D eigenvalue weighted by Gasteiger charge is 2.21. The Morgan fingerprint density at radius 3 is 2.82 bits per heavy atom. The molecular formula is C14H16O3. The Hall–Kier alpha value is -1.61. The molecule has 17 heavy (non-hydrogen) atoms. The van der Waals surface area contributed by atoms with Gasteiger partial charge in [0.05, 0.1) is 0 Å². The first-order valence-corrected chi connectivity index (χ1v) is 5.73. The molecule has 1 unspecified atom stereocenters. The largest absolute Gasteiger partial charge is 0.453 e. The van der Waals surface area contributed by atoms with Gasteiger partial charge in [0.1, 0.15) is 11.7 Å². The van der Waals surface area contributed by atoms with Gasteiger partial charge in [-0.05, 0) is 25.0 Å². The summed E-state index contributed by atoms with van der Waals surface area (Å²) in [6.45, 7) is 3.88. The van der Waals surface area contributed by atoms with Crippen molar-refractivity contribution in [3.8, 4) is 0 Å². The zero-order valence-electron chi connectivity index (χ0n) is 10.3. The van der Waals surface area contributed by atoms with Gasteiger partial charge in [-0.2, -0.15) is 0 Å². The predicted octanol–water partition coefficient (Wildman–Crippen LogP) is 3.35. The van der Waals surface area contributed by atoms with Gasteiger partial charge >= 0.3 is 0 Å². The Kier molecular flexibility index (Phi) is 3.29. The average Bonchev–Trinajstić information content (AvgIpc) is 2.76. The molecule has 3 nitrogen and oxygen atoms in total. The third-order valence-electron chi connectivity index (χ3n) is 2.93. The van der Waals surface area contributed by atoms with Crippen molar-refractivity contribution in [2.24, 2.45) is 0 Å². The van der Waals surface area contributed by atoms with Crippen LogP contribution in [0.25, 0.3) is 11.0 Å². The smallest absolute Gasteiger partial charge is 0.226 e. The van der Waals surface area contributed by atoms with Gasteiger partial charge in [0.25, 0.3) is 0 Å². The molecule has 0 radical (unpaired) electrons. The SMILES string of the molecule is CCC(OC)C(=O)c1cc2cccc(C)c2o1. The zero-order chi connectivity index (χ0) is 12.4. The normalized spacial score (nSPS) is 12.9. The summed E-state index contributed by atoms with van der Waals surface area (Å²) in [5, 5.41) is 0.958. The van der Waals surface area contributed by atoms with Crippen LogP contribution in [0.1, 0.15) is 29.5 Å². The molecule has 3 heteroatoms. The molecule has 0 N–H and O–H groups in total. The standard InChI is InChI=1S/C14H16O3/c1-4-11(16-3)13(15)12-8-10-7-5-6-9(2)14(10)17-12/h5-8,11H,4H2,1-3H3. The molecule has 0 aliphatic carbocycles. The van der Waals surface area contributed by atoms with E-state index in [4.69, 9.17) is 9.15 Å². The molecule has 0 saturated heterocycles. The molecule has 0 aliphatic heterocycles. The highest BCUT2D eigenvalue weighted by Crippen LogP contribution is 2.24. The van der Waals surface area contributed by atoms with Crippen LogP contribution in [0.2, 0.25) is 0 Å². The van der Waals surface area contributed by atoms with Crippen LogP contribution in [-0.4, -0.2) is 19.0 Å². The molecule has 1 atom stereocenters. The van der Waals surface area contributed by atoms with E-state index in [0.29, 0.717) is 12.2 Å². The Labute approximate surface area is 100 Å². The summed E-state index contributed by atoms with van der Waals surface area (Å²) in [6.07, 6.45) is 0.224. The first-order chi connectivity index (χ1) is 8.17. The lowest BCUT2D eigenvalue weighted by Gasteiger charge is -2.08. The van der Waals surface area contributed by atoms with Crippen molar-refractivity contribution in [2.45, 2.75) is 26.4 Å². The number of furan rings is 1. The van der Waals surface area contributed by atoms with Crippen molar-refractivity contribution in [2.75, 3.05) is 7.11 Å². The number of Topliss-reactive ketones (excluding diaryl/α,β-unsaturated/α-hetero) is 1. The second kappa shape index (κ2) is 4.72. The summed E-state index contributed by atoms with van der Waals surface area (Å²) >= 11 is 0. The highest BCUT2D eigenvalue weighted by molar-refractivity contribution is 6.00. The molecule has 90 valence electrons. The summed E-state index contributed by atoms with van der Waals surface area (Å²) in [5.41, 5.74) is 1.81. The topological polar surface area (TPSA) is 39.4 Å². The van der Waals surface area contributed by atoms with Crippen LogP contribution in [-0.2, 0) is 4.74 Å². The second-order valence-corrected chi connectivity index (χ2v) is 4.10. The Morgan fingerprint density at radius 2 is 2.24 bits per heavy atom. The summed E-state index contributed by atoms with van der Waals surface area (Å²) in [5.74, 6) is 0.286. The van der Waals surface area contributed by atoms with Gasteiger partial charge in [-0.3, -0.25) is 4.79 Å². The molecule has 0 saturated carbocycles. The van der Waals surface area contributed by atoms with Crippen molar-refractivity contribution in [1.29, 1.82) is 0 Å². The number of fused-ring (bicyclic) bond motifs is 1. The van der Waals surface area contributed by atoms with Crippen molar-refractivity contribution in [1.82, 2.24) is 0 Å². The molecule has 0 aliphatic rings. The number of ketones is 1. The minimum atomic E-state index is -0.420. The van der Waals surface area contributed by atoms with Gasteiger partial charge in [0, 0.05) is 12.5 Å². The molecule has 0 amide bonds. The van der Waals surface area contributed by atoms with E-state index in [9.17, 15) is 4.79 Å². The van der Waals surface area contributed by atoms with Crippen molar-refractivity contribution in [3.05, 3.63) is 35.6 Å². The number of aryl methyl sites for hydroxylation is 1. The van der Waals surface area contributed by atoms with Gasteiger partial charge in [0.2, 0.25) is 5.78 Å². The Morgan fingerprint density at radius 1 is 1.47 bits per heavy atom. The van der Waals surface area contributed by atoms with E-state index in [-0.39, 0.29) is 5.78 Å². The molecule has 1 aromatic carbocycles. The summed E-state index contributed by atoms with van der Waals surface area (Å²) in [7, 11) is 1.54. The molecular weight excluding hydrogens is 216 g/mol. The first kappa shape index (κ1) is 11.9. The Bertz CT molecular complexity index is 535. The van der Waals surface area contributed by atoms with E-state index >= 15 is 0 Å². The number of hydrogen-bond acceptors (Lipinski definition) is 3. The number of ether oxygens (including phenoxy) is 1. The van der Waals surface area contributed by atoms with Crippen molar-refractivity contribution >= 4 is 16.8 Å². The maximum atomic E-state index is 12.1. The fraction of sp³-hybridized carbons (Fsp3) is 0.357. The lowest BCUT2D eigenvalue weighted by Crippen LogP contribution is -2.21. The van der Waals surface area contributed by atoms with E-state index in [1.54, 1.807) is 13.2 Å². The van der Waals surface area contributed by atoms with E-state index in [2.05, 4.69) is 0 Å². The molecule has 2 rings (SSSR count). The lowest BCUT2D eigenvalue weighted by molar-refractivity contribution is 0.0570. The monoisotopic (exact) mass is 232 g/mol. The number of hydrogen-bond donors (Lipinski definition) is 0. The molecule has 0 bridgehead atoms. The van der Waals surface area contributed by atoms with Crippen LogP contribution in [0.5, 0.6) is 0 Å². The predicted molar refractivity (Wildman–Crippen MR) is 66.4 cm³/mol. The second-order valence-electron chi connectivity index (χ2n) is 4.10. The fourth-order valence-corrected chi connectivity index (χ4v) is 1.95. The van der Waals surface area contributed by atoms with Gasteiger partial charge in [-0.1, -0.05) is 25.1 Å². The minimum Gasteiger partial charge on any atom is -0.453 e. The maximum Gasteiger partial charge on any atom is 0.226 e. The van der Waals surface area contributed by atoms with Crippen LogP contribution in [0.3, 0.4) is 0 Å². The van der Waals surface area contributed by atoms with Crippen LogP contribution in [0, 0.1) is 6.92 Å². The van der Waals surface area contributed by atoms with Gasteiger partial charge in [0.15, 0.2) is 5.76 Å². The van der Waals surface area contributed by atoms with Crippen molar-refractivity contribution < 1.29 is 13.9 Å². The molecule has 1 heterocycles. The number of carbonyl (C=O) groups excluding carboxylic acids is 1. The highest BCUT2D eigenvalue weighted by atomic mass is 16.5. The quantitative estimate of drug-likeness (QED) is 0.759. The van der Waals surface area contributed by atoms with E-state index < -0.39 is 6.10 Å². The van der Waals surface area contributed by atoms with Gasteiger partial charge in [-0.15, -0.1) is 0 Å². The molecule has 1 aromatic heterocycles. The first-order valence-electron chi connectivity index (χ1n) is 5.73. The van der Waals surface area contributed by atoms with Crippen molar-refractivity contribution in [3.63, 3.8) is 0 Å². The number of carbonyl (C=O) groups is 1.